The van der Waals surface area contributed by atoms with Gasteiger partial charge in [0.05, 0.1) is 0 Å². The van der Waals surface area contributed by atoms with Crippen LogP contribution in [-0.4, -0.2) is 37.2 Å². The molecular weight excluding hydrogens is 709 g/mol. The number of unbranched alkanes of at least 4 members (excludes halogenated alkanes) is 36. The van der Waals surface area contributed by atoms with Gasteiger partial charge in [0, 0.05) is 19.3 Å². The van der Waals surface area contributed by atoms with Gasteiger partial charge in [-0.25, -0.2) is 0 Å². The van der Waals surface area contributed by atoms with Gasteiger partial charge in [-0.2, -0.15) is 0 Å². The molecule has 57 heavy (non-hydrogen) atoms. The summed E-state index contributed by atoms with van der Waals surface area (Å²) < 4.78 is 16.8. The zero-order valence-electron chi connectivity index (χ0n) is 38.6. The van der Waals surface area contributed by atoms with Crippen LogP contribution in [0.1, 0.15) is 290 Å². The number of esters is 3. The van der Waals surface area contributed by atoms with Crippen LogP contribution in [0.4, 0.5) is 0 Å². The van der Waals surface area contributed by atoms with E-state index in [1.54, 1.807) is 0 Å². The minimum atomic E-state index is -0.758. The number of carbonyl (C=O) groups excluding carboxylic acids is 3. The normalized spacial score (nSPS) is 11.8. The molecule has 0 aliphatic rings. The van der Waals surface area contributed by atoms with Crippen LogP contribution in [0.25, 0.3) is 0 Å². The summed E-state index contributed by atoms with van der Waals surface area (Å²) in [5, 5.41) is 0. The van der Waals surface area contributed by atoms with Gasteiger partial charge in [0.1, 0.15) is 13.2 Å². The van der Waals surface area contributed by atoms with Crippen molar-refractivity contribution in [1.29, 1.82) is 0 Å². The SMILES string of the molecule is CCCCCCCCCCCCCCCCCC(=O)OC[C@H](COC(=O)CCCCCCCCCCCCCCCC)OC(=O)CCCCCCCCCCCC. The van der Waals surface area contributed by atoms with Crippen LogP contribution < -0.4 is 0 Å². The summed E-state index contributed by atoms with van der Waals surface area (Å²) in [5.41, 5.74) is 0. The van der Waals surface area contributed by atoms with Gasteiger partial charge < -0.3 is 14.2 Å². The van der Waals surface area contributed by atoms with Crippen molar-refractivity contribution >= 4 is 17.9 Å². The maximum Gasteiger partial charge on any atom is 0.306 e. The first-order chi connectivity index (χ1) is 28.0. The number of rotatable bonds is 47. The van der Waals surface area contributed by atoms with Gasteiger partial charge in [-0.15, -0.1) is 0 Å². The third-order valence-electron chi connectivity index (χ3n) is 11.6. The van der Waals surface area contributed by atoms with Crippen molar-refractivity contribution in [3.63, 3.8) is 0 Å². The van der Waals surface area contributed by atoms with Crippen molar-refractivity contribution in [2.24, 2.45) is 0 Å². The Morgan fingerprint density at radius 2 is 0.474 bits per heavy atom. The molecule has 0 fully saturated rings. The van der Waals surface area contributed by atoms with Gasteiger partial charge in [0.2, 0.25) is 0 Å². The van der Waals surface area contributed by atoms with E-state index in [0.29, 0.717) is 19.3 Å². The van der Waals surface area contributed by atoms with E-state index >= 15 is 0 Å². The second-order valence-electron chi connectivity index (χ2n) is 17.5. The molecule has 0 bridgehead atoms. The molecule has 0 aromatic rings. The van der Waals surface area contributed by atoms with E-state index in [-0.39, 0.29) is 31.1 Å². The Hall–Kier alpha value is -1.59. The van der Waals surface area contributed by atoms with E-state index in [1.165, 1.54) is 193 Å². The third kappa shape index (κ3) is 45.3. The lowest BCUT2D eigenvalue weighted by atomic mass is 10.0. The Morgan fingerprint density at radius 3 is 0.702 bits per heavy atom. The predicted octanol–water partition coefficient (Wildman–Crippen LogP) is 16.4. The molecule has 0 unspecified atom stereocenters. The highest BCUT2D eigenvalue weighted by molar-refractivity contribution is 5.71. The first kappa shape index (κ1) is 55.4. The summed E-state index contributed by atoms with van der Waals surface area (Å²) in [6, 6.07) is 0. The highest BCUT2D eigenvalue weighted by Gasteiger charge is 2.19. The molecule has 0 saturated carbocycles. The molecular formula is C51H98O6. The maximum absolute atomic E-state index is 12.7. The quantitative estimate of drug-likeness (QED) is 0.0346. The van der Waals surface area contributed by atoms with Crippen LogP contribution in [0.15, 0.2) is 0 Å². The summed E-state index contributed by atoms with van der Waals surface area (Å²) in [7, 11) is 0. The van der Waals surface area contributed by atoms with E-state index in [1.807, 2.05) is 0 Å². The van der Waals surface area contributed by atoms with E-state index in [9.17, 15) is 14.4 Å². The van der Waals surface area contributed by atoms with Crippen LogP contribution in [-0.2, 0) is 28.6 Å². The summed E-state index contributed by atoms with van der Waals surface area (Å²) in [4.78, 5) is 37.8. The second-order valence-corrected chi connectivity index (χ2v) is 17.5. The minimum absolute atomic E-state index is 0.0620. The molecule has 0 rings (SSSR count). The van der Waals surface area contributed by atoms with Crippen molar-refractivity contribution in [3.8, 4) is 0 Å². The molecule has 0 spiro atoms. The number of ether oxygens (including phenoxy) is 3. The van der Waals surface area contributed by atoms with Gasteiger partial charge in [-0.3, -0.25) is 14.4 Å². The Morgan fingerprint density at radius 1 is 0.281 bits per heavy atom. The van der Waals surface area contributed by atoms with Gasteiger partial charge in [0.25, 0.3) is 0 Å². The number of hydrogen-bond donors (Lipinski definition) is 0. The van der Waals surface area contributed by atoms with Gasteiger partial charge in [-0.05, 0) is 19.3 Å². The van der Waals surface area contributed by atoms with Crippen LogP contribution in [0.2, 0.25) is 0 Å². The van der Waals surface area contributed by atoms with E-state index < -0.39 is 6.10 Å². The Kier molecular flexibility index (Phi) is 45.8. The van der Waals surface area contributed by atoms with Gasteiger partial charge in [0.15, 0.2) is 6.10 Å². The van der Waals surface area contributed by atoms with Crippen LogP contribution in [0.5, 0.6) is 0 Å². The van der Waals surface area contributed by atoms with Crippen LogP contribution in [0, 0.1) is 0 Å². The molecule has 0 radical (unpaired) electrons. The number of carbonyl (C=O) groups is 3. The predicted molar refractivity (Wildman–Crippen MR) is 243 cm³/mol. The fourth-order valence-electron chi connectivity index (χ4n) is 7.74. The van der Waals surface area contributed by atoms with Gasteiger partial charge >= 0.3 is 17.9 Å². The highest BCUT2D eigenvalue weighted by atomic mass is 16.6. The zero-order valence-corrected chi connectivity index (χ0v) is 38.6. The first-order valence-electron chi connectivity index (χ1n) is 25.5. The Bertz CT molecular complexity index is 844. The van der Waals surface area contributed by atoms with E-state index in [2.05, 4.69) is 20.8 Å². The Labute approximate surface area is 355 Å². The first-order valence-corrected chi connectivity index (χ1v) is 25.5. The van der Waals surface area contributed by atoms with Crippen molar-refractivity contribution in [1.82, 2.24) is 0 Å². The Balaban J connectivity index is 4.26. The fourth-order valence-corrected chi connectivity index (χ4v) is 7.74. The molecule has 0 N–H and O–H groups in total. The molecule has 0 aromatic heterocycles. The summed E-state index contributed by atoms with van der Waals surface area (Å²) in [6.07, 6.45) is 49.4. The van der Waals surface area contributed by atoms with Crippen molar-refractivity contribution in [2.75, 3.05) is 13.2 Å². The monoisotopic (exact) mass is 807 g/mol. The average molecular weight is 807 g/mol. The van der Waals surface area contributed by atoms with Crippen molar-refractivity contribution in [2.45, 2.75) is 297 Å². The molecule has 338 valence electrons. The van der Waals surface area contributed by atoms with Crippen molar-refractivity contribution in [3.05, 3.63) is 0 Å². The summed E-state index contributed by atoms with van der Waals surface area (Å²) >= 11 is 0. The highest BCUT2D eigenvalue weighted by Crippen LogP contribution is 2.17. The molecule has 0 heterocycles. The van der Waals surface area contributed by atoms with Crippen LogP contribution in [0.3, 0.4) is 0 Å². The summed E-state index contributed by atoms with van der Waals surface area (Å²) in [5.74, 6) is -0.843. The fraction of sp³-hybridized carbons (Fsp3) is 0.941. The van der Waals surface area contributed by atoms with E-state index in [0.717, 1.165) is 57.8 Å². The van der Waals surface area contributed by atoms with Gasteiger partial charge in [-0.1, -0.05) is 252 Å². The lowest BCUT2D eigenvalue weighted by molar-refractivity contribution is -0.167. The smallest absolute Gasteiger partial charge is 0.306 e. The maximum atomic E-state index is 12.7. The summed E-state index contributed by atoms with van der Waals surface area (Å²) in [6.45, 7) is 6.67. The molecule has 1 atom stereocenters. The molecule has 0 amide bonds. The number of hydrogen-bond acceptors (Lipinski definition) is 6. The van der Waals surface area contributed by atoms with E-state index in [4.69, 9.17) is 14.2 Å². The largest absolute Gasteiger partial charge is 0.462 e. The molecule has 6 heteroatoms. The average Bonchev–Trinajstić information content (AvgIpc) is 3.21. The standard InChI is InChI=1S/C51H98O6/c1-4-7-10-13-16-19-22-24-26-28-30-33-35-38-41-44-50(53)56-47-48(57-51(54)45-42-39-36-31-21-18-15-12-9-6-3)46-55-49(52)43-40-37-34-32-29-27-25-23-20-17-14-11-8-5-2/h48H,4-47H2,1-3H3/t48-/m0/s1. The molecule has 0 aromatic carbocycles. The molecule has 0 saturated heterocycles. The molecule has 0 aliphatic carbocycles. The molecule has 6 nitrogen and oxygen atoms in total. The van der Waals surface area contributed by atoms with Crippen LogP contribution >= 0.6 is 0 Å². The zero-order chi connectivity index (χ0) is 41.5. The second kappa shape index (κ2) is 47.1. The van der Waals surface area contributed by atoms with Crippen molar-refractivity contribution < 1.29 is 28.6 Å². The lowest BCUT2D eigenvalue weighted by Gasteiger charge is -2.18. The molecule has 0 aliphatic heterocycles. The third-order valence-corrected chi connectivity index (χ3v) is 11.6. The minimum Gasteiger partial charge on any atom is -0.462 e. The topological polar surface area (TPSA) is 78.9 Å². The lowest BCUT2D eigenvalue weighted by Crippen LogP contribution is -2.30.